The second kappa shape index (κ2) is 16.7. The van der Waals surface area contributed by atoms with Crippen molar-refractivity contribution in [3.63, 3.8) is 0 Å². The Labute approximate surface area is 142 Å². The lowest BCUT2D eigenvalue weighted by Gasteiger charge is -2.22. The van der Waals surface area contributed by atoms with E-state index in [1.165, 1.54) is 0 Å². The number of nitrogens with zero attached hydrogens (tertiary/aromatic N) is 2. The number of halogens is 1. The minimum absolute atomic E-state index is 0. The van der Waals surface area contributed by atoms with Crippen molar-refractivity contribution in [1.29, 1.82) is 0 Å². The quantitative estimate of drug-likeness (QED) is 0.366. The van der Waals surface area contributed by atoms with E-state index in [0.29, 0.717) is 13.2 Å². The lowest BCUT2D eigenvalue weighted by Crippen LogP contribution is -3.00. The number of carbonyl (C=O) groups is 1. The molecule has 0 amide bonds. The van der Waals surface area contributed by atoms with Gasteiger partial charge in [0.1, 0.15) is 0 Å². The number of carboxylic acid groups (broad SMARTS) is 1. The Morgan fingerprint density at radius 1 is 0.955 bits per heavy atom. The van der Waals surface area contributed by atoms with Gasteiger partial charge < -0.3 is 41.5 Å². The van der Waals surface area contributed by atoms with E-state index in [1.807, 2.05) is 0 Å². The van der Waals surface area contributed by atoms with E-state index in [0.717, 1.165) is 41.0 Å². The molecule has 0 rings (SSSR count). The zero-order valence-electron chi connectivity index (χ0n) is 15.0. The van der Waals surface area contributed by atoms with Gasteiger partial charge >= 0.3 is 0 Å². The van der Waals surface area contributed by atoms with Crippen molar-refractivity contribution in [2.75, 3.05) is 68.6 Å². The van der Waals surface area contributed by atoms with E-state index in [9.17, 15) is 0 Å². The Kier molecular flexibility index (Phi) is 22.3. The zero-order chi connectivity index (χ0) is 17.5. The van der Waals surface area contributed by atoms with E-state index in [-0.39, 0.29) is 12.4 Å². The molecule has 0 atom stereocenters. The first-order valence-electron chi connectivity index (χ1n) is 7.05. The fourth-order valence-corrected chi connectivity index (χ4v) is 1.09. The first-order valence-corrected chi connectivity index (χ1v) is 7.05. The third-order valence-corrected chi connectivity index (χ3v) is 2.14. The molecule has 0 aliphatic heterocycles. The van der Waals surface area contributed by atoms with E-state index in [2.05, 4.69) is 48.9 Å². The van der Waals surface area contributed by atoms with Crippen LogP contribution in [0.5, 0.6) is 0 Å². The Morgan fingerprint density at radius 3 is 1.23 bits per heavy atom. The Balaban J connectivity index is -0.000000111. The summed E-state index contributed by atoms with van der Waals surface area (Å²) in [5, 5.41) is 26.0. The van der Waals surface area contributed by atoms with Crippen LogP contribution in [-0.2, 0) is 4.79 Å². The largest absolute Gasteiger partial charge is 1.00 e. The average Bonchev–Trinajstić information content (AvgIpc) is 2.33. The number of hydrogen-bond donors (Lipinski definition) is 2. The van der Waals surface area contributed by atoms with Crippen LogP contribution < -0.4 is 17.5 Å². The zero-order valence-corrected chi connectivity index (χ0v) is 15.8. The molecule has 0 saturated heterocycles. The maximum atomic E-state index is 9.14. The van der Waals surface area contributed by atoms with Gasteiger partial charge in [-0.05, 0) is 6.08 Å². The number of carbonyl (C=O) groups excluding carboxylic acids is 1. The second-order valence-corrected chi connectivity index (χ2v) is 6.71. The molecule has 0 aromatic heterocycles. The van der Waals surface area contributed by atoms with Gasteiger partial charge in [0.2, 0.25) is 0 Å². The monoisotopic (exact) mass is 342 g/mol. The predicted molar refractivity (Wildman–Crippen MR) is 84.4 cm³/mol. The molecule has 7 heteroatoms. The number of carboxylic acids is 1. The molecule has 0 fully saturated rings. The molecule has 0 aliphatic rings. The van der Waals surface area contributed by atoms with Gasteiger partial charge in [0.25, 0.3) is 0 Å². The van der Waals surface area contributed by atoms with Crippen molar-refractivity contribution < 1.29 is 41.5 Å². The standard InChI is InChI=1S/2C6H16NO.C3H4O2.ClH/c2*1-7(2,3)5-4-6-8;1-2-3(4)5;/h2*8H,4-6H2,1-3H3;2H,1H2,(H,4,5);1H/q2*+1;;/p-2. The van der Waals surface area contributed by atoms with Crippen molar-refractivity contribution in [2.45, 2.75) is 12.8 Å². The van der Waals surface area contributed by atoms with E-state index < -0.39 is 5.97 Å². The highest BCUT2D eigenvalue weighted by molar-refractivity contribution is 5.76. The summed E-state index contributed by atoms with van der Waals surface area (Å²) in [5.74, 6) is -1.23. The van der Waals surface area contributed by atoms with Gasteiger partial charge in [0.05, 0.1) is 61.3 Å². The molecular formula is C15H35ClN2O4. The minimum Gasteiger partial charge on any atom is -1.00 e. The van der Waals surface area contributed by atoms with E-state index in [4.69, 9.17) is 20.1 Å². The van der Waals surface area contributed by atoms with Crippen LogP contribution in [0.2, 0.25) is 0 Å². The summed E-state index contributed by atoms with van der Waals surface area (Å²) in [4.78, 5) is 9.14. The van der Waals surface area contributed by atoms with Crippen molar-refractivity contribution >= 4 is 5.97 Å². The van der Waals surface area contributed by atoms with Gasteiger partial charge in [-0.25, -0.2) is 0 Å². The highest BCUT2D eigenvalue weighted by Gasteiger charge is 2.04. The molecule has 0 bridgehead atoms. The summed E-state index contributed by atoms with van der Waals surface area (Å²) in [6.07, 6.45) is 2.53. The van der Waals surface area contributed by atoms with Crippen LogP contribution in [0.25, 0.3) is 0 Å². The van der Waals surface area contributed by atoms with E-state index in [1.54, 1.807) is 0 Å². The molecule has 6 nitrogen and oxygen atoms in total. The molecule has 0 radical (unpaired) electrons. The molecule has 0 heterocycles. The number of aliphatic carboxylic acids is 1. The van der Waals surface area contributed by atoms with Crippen LogP contribution >= 0.6 is 0 Å². The molecule has 2 N–H and O–H groups in total. The normalized spacial score (nSPS) is 10.2. The van der Waals surface area contributed by atoms with Gasteiger partial charge in [-0.2, -0.15) is 0 Å². The van der Waals surface area contributed by atoms with Crippen LogP contribution in [0.1, 0.15) is 12.8 Å². The third-order valence-electron chi connectivity index (χ3n) is 2.14. The maximum absolute atomic E-state index is 9.14. The highest BCUT2D eigenvalue weighted by Crippen LogP contribution is 1.91. The maximum Gasteiger partial charge on any atom is 0.0802 e. The summed E-state index contributed by atoms with van der Waals surface area (Å²) < 4.78 is 1.89. The average molecular weight is 343 g/mol. The molecule has 0 aromatic rings. The van der Waals surface area contributed by atoms with Crippen LogP contribution in [0.15, 0.2) is 12.7 Å². The van der Waals surface area contributed by atoms with Gasteiger partial charge in [-0.1, -0.05) is 6.58 Å². The molecule has 0 aromatic carbocycles. The molecule has 0 unspecified atom stereocenters. The predicted octanol–water partition coefficient (Wildman–Crippen LogP) is -3.92. The summed E-state index contributed by atoms with van der Waals surface area (Å²) in [7, 11) is 12.7. The van der Waals surface area contributed by atoms with Gasteiger partial charge in [-0.15, -0.1) is 0 Å². The Morgan fingerprint density at radius 2 is 1.18 bits per heavy atom. The van der Waals surface area contributed by atoms with Gasteiger partial charge in [0, 0.05) is 26.1 Å². The summed E-state index contributed by atoms with van der Waals surface area (Å²) in [5.41, 5.74) is 0. The Bertz CT molecular complexity index is 243. The lowest BCUT2D eigenvalue weighted by atomic mass is 10.4. The number of hydrogen-bond acceptors (Lipinski definition) is 4. The smallest absolute Gasteiger partial charge is 0.0802 e. The van der Waals surface area contributed by atoms with E-state index >= 15 is 0 Å². The first-order chi connectivity index (χ1) is 9.39. The number of aliphatic hydroxyl groups is 2. The number of aliphatic hydroxyl groups excluding tert-OH is 2. The molecule has 136 valence electrons. The third kappa shape index (κ3) is 50.6. The molecule has 22 heavy (non-hydrogen) atoms. The molecule has 0 saturated carbocycles. The Hall–Kier alpha value is -0.660. The lowest BCUT2D eigenvalue weighted by molar-refractivity contribution is -0.870. The van der Waals surface area contributed by atoms with Crippen molar-refractivity contribution in [3.05, 3.63) is 12.7 Å². The van der Waals surface area contributed by atoms with Crippen LogP contribution in [0, 0.1) is 0 Å². The number of rotatable bonds is 7. The highest BCUT2D eigenvalue weighted by atomic mass is 35.5. The van der Waals surface area contributed by atoms with Gasteiger partial charge in [-0.3, -0.25) is 0 Å². The van der Waals surface area contributed by atoms with Crippen molar-refractivity contribution in [3.8, 4) is 0 Å². The molecule has 0 spiro atoms. The summed E-state index contributed by atoms with van der Waals surface area (Å²) >= 11 is 0. The SMILES string of the molecule is C=CC(=O)[O-].C[N+](C)(C)CCCO.C[N+](C)(C)CCCO.[Cl-]. The molecular weight excluding hydrogens is 308 g/mol. The van der Waals surface area contributed by atoms with Crippen LogP contribution in [0.3, 0.4) is 0 Å². The van der Waals surface area contributed by atoms with Crippen molar-refractivity contribution in [1.82, 2.24) is 0 Å². The summed E-state index contributed by atoms with van der Waals surface area (Å²) in [6, 6.07) is 0. The molecule has 0 aliphatic carbocycles. The number of quaternary nitrogens is 2. The van der Waals surface area contributed by atoms with Gasteiger partial charge in [0.15, 0.2) is 0 Å². The fourth-order valence-electron chi connectivity index (χ4n) is 1.09. The fraction of sp³-hybridized carbons (Fsp3) is 0.800. The second-order valence-electron chi connectivity index (χ2n) is 6.71. The summed E-state index contributed by atoms with van der Waals surface area (Å²) in [6.45, 7) is 5.63. The minimum atomic E-state index is -1.23. The van der Waals surface area contributed by atoms with Crippen LogP contribution in [0.4, 0.5) is 0 Å². The van der Waals surface area contributed by atoms with Crippen molar-refractivity contribution in [2.24, 2.45) is 0 Å². The first kappa shape index (κ1) is 29.4. The van der Waals surface area contributed by atoms with Crippen LogP contribution in [-0.4, -0.2) is 93.7 Å². The topological polar surface area (TPSA) is 80.6 Å².